The van der Waals surface area contributed by atoms with Gasteiger partial charge in [-0.15, -0.1) is 6.58 Å². The lowest BCUT2D eigenvalue weighted by Crippen LogP contribution is -2.36. The smallest absolute Gasteiger partial charge is 0.223 e. The highest BCUT2D eigenvalue weighted by Crippen LogP contribution is 2.40. The molecular formula is C13H23NO. The van der Waals surface area contributed by atoms with Gasteiger partial charge in [0.2, 0.25) is 5.91 Å². The monoisotopic (exact) mass is 209 g/mol. The summed E-state index contributed by atoms with van der Waals surface area (Å²) in [4.78, 5) is 12.0. The molecule has 0 heterocycles. The van der Waals surface area contributed by atoms with Crippen LogP contribution in [0.15, 0.2) is 12.7 Å². The first kappa shape index (κ1) is 12.3. The van der Waals surface area contributed by atoms with E-state index in [1.54, 1.807) is 6.08 Å². The van der Waals surface area contributed by atoms with Gasteiger partial charge in [0.1, 0.15) is 0 Å². The maximum Gasteiger partial charge on any atom is 0.223 e. The molecular weight excluding hydrogens is 186 g/mol. The summed E-state index contributed by atoms with van der Waals surface area (Å²) in [6, 6.07) is 0. The minimum Gasteiger partial charge on any atom is -0.352 e. The van der Waals surface area contributed by atoms with Crippen molar-refractivity contribution in [2.75, 3.05) is 6.54 Å². The summed E-state index contributed by atoms with van der Waals surface area (Å²) in [6.07, 6.45) is 4.13. The fraction of sp³-hybridized carbons (Fsp3) is 0.769. The molecule has 1 amide bonds. The minimum atomic E-state index is 0.213. The molecule has 0 aromatic rings. The summed E-state index contributed by atoms with van der Waals surface area (Å²) in [6.45, 7) is 10.8. The Morgan fingerprint density at radius 3 is 2.73 bits per heavy atom. The number of rotatable bonds is 4. The molecule has 1 N–H and O–H groups in total. The molecule has 1 aliphatic rings. The topological polar surface area (TPSA) is 29.1 Å². The third kappa shape index (κ3) is 2.83. The fourth-order valence-corrected chi connectivity index (χ4v) is 2.73. The lowest BCUT2D eigenvalue weighted by molar-refractivity contribution is -0.127. The van der Waals surface area contributed by atoms with E-state index in [2.05, 4.69) is 32.7 Å². The average molecular weight is 209 g/mol. The van der Waals surface area contributed by atoms with Crippen molar-refractivity contribution in [2.24, 2.45) is 23.7 Å². The van der Waals surface area contributed by atoms with Gasteiger partial charge in [-0.3, -0.25) is 4.79 Å². The molecule has 1 saturated carbocycles. The number of nitrogens with one attached hydrogen (secondary N) is 1. The van der Waals surface area contributed by atoms with E-state index in [1.165, 1.54) is 12.8 Å². The van der Waals surface area contributed by atoms with E-state index in [9.17, 15) is 4.79 Å². The van der Waals surface area contributed by atoms with E-state index in [1.807, 2.05) is 0 Å². The van der Waals surface area contributed by atoms with E-state index in [0.29, 0.717) is 24.3 Å². The summed E-state index contributed by atoms with van der Waals surface area (Å²) in [5, 5.41) is 2.93. The van der Waals surface area contributed by atoms with Gasteiger partial charge in [-0.1, -0.05) is 26.8 Å². The second-order valence-corrected chi connectivity index (χ2v) is 5.02. The van der Waals surface area contributed by atoms with Crippen LogP contribution in [0.5, 0.6) is 0 Å². The molecule has 0 radical (unpaired) electrons. The summed E-state index contributed by atoms with van der Waals surface area (Å²) in [5.74, 6) is 2.13. The molecule has 2 nitrogen and oxygen atoms in total. The van der Waals surface area contributed by atoms with Crippen molar-refractivity contribution in [2.45, 2.75) is 33.6 Å². The van der Waals surface area contributed by atoms with Crippen molar-refractivity contribution in [3.8, 4) is 0 Å². The SMILES string of the molecule is C=CCNC(=O)[C@@H]1[C@@H](C(C)C)CC[C@@H]1C. The first-order valence-electron chi connectivity index (χ1n) is 5.96. The Hall–Kier alpha value is -0.790. The van der Waals surface area contributed by atoms with Crippen LogP contribution in [0.1, 0.15) is 33.6 Å². The predicted molar refractivity (Wildman–Crippen MR) is 63.4 cm³/mol. The largest absolute Gasteiger partial charge is 0.352 e. The standard InChI is InChI=1S/C13H23NO/c1-5-8-14-13(15)12-10(4)6-7-11(12)9(2)3/h5,9-12H,1,6-8H2,2-4H3,(H,14,15)/t10-,11+,12-/m0/s1. The second-order valence-electron chi connectivity index (χ2n) is 5.02. The van der Waals surface area contributed by atoms with Gasteiger partial charge in [-0.25, -0.2) is 0 Å². The number of amides is 1. The molecule has 0 aromatic heterocycles. The molecule has 0 aliphatic heterocycles. The molecule has 86 valence electrons. The van der Waals surface area contributed by atoms with Crippen LogP contribution in [0.4, 0.5) is 0 Å². The fourth-order valence-electron chi connectivity index (χ4n) is 2.73. The van der Waals surface area contributed by atoms with Crippen molar-refractivity contribution in [1.29, 1.82) is 0 Å². The molecule has 1 aliphatic carbocycles. The molecule has 3 atom stereocenters. The third-order valence-corrected chi connectivity index (χ3v) is 3.61. The molecule has 0 aromatic carbocycles. The summed E-state index contributed by atoms with van der Waals surface area (Å²) in [7, 11) is 0. The van der Waals surface area contributed by atoms with Gasteiger partial charge in [0.15, 0.2) is 0 Å². The lowest BCUT2D eigenvalue weighted by Gasteiger charge is -2.24. The van der Waals surface area contributed by atoms with Crippen LogP contribution in [0.3, 0.4) is 0 Å². The molecule has 0 unspecified atom stereocenters. The quantitative estimate of drug-likeness (QED) is 0.708. The number of carbonyl (C=O) groups is 1. The Kier molecular flexibility index (Phi) is 4.37. The molecule has 15 heavy (non-hydrogen) atoms. The van der Waals surface area contributed by atoms with Crippen molar-refractivity contribution >= 4 is 5.91 Å². The summed E-state index contributed by atoms with van der Waals surface area (Å²) < 4.78 is 0. The van der Waals surface area contributed by atoms with Crippen LogP contribution in [0.25, 0.3) is 0 Å². The molecule has 0 bridgehead atoms. The van der Waals surface area contributed by atoms with Crippen molar-refractivity contribution in [3.05, 3.63) is 12.7 Å². The van der Waals surface area contributed by atoms with Crippen molar-refractivity contribution in [3.63, 3.8) is 0 Å². The minimum absolute atomic E-state index is 0.213. The van der Waals surface area contributed by atoms with E-state index in [-0.39, 0.29) is 11.8 Å². The van der Waals surface area contributed by atoms with Gasteiger partial charge >= 0.3 is 0 Å². The Morgan fingerprint density at radius 2 is 2.20 bits per heavy atom. The molecule has 0 saturated heterocycles. The highest BCUT2D eigenvalue weighted by molar-refractivity contribution is 5.79. The highest BCUT2D eigenvalue weighted by atomic mass is 16.1. The zero-order valence-electron chi connectivity index (χ0n) is 10.1. The predicted octanol–water partition coefficient (Wildman–Crippen LogP) is 2.61. The van der Waals surface area contributed by atoms with E-state index < -0.39 is 0 Å². The Bertz CT molecular complexity index is 235. The summed E-state index contributed by atoms with van der Waals surface area (Å²) in [5.41, 5.74) is 0. The van der Waals surface area contributed by atoms with Gasteiger partial charge in [0.25, 0.3) is 0 Å². The van der Waals surface area contributed by atoms with Crippen LogP contribution >= 0.6 is 0 Å². The van der Waals surface area contributed by atoms with Gasteiger partial charge in [0, 0.05) is 12.5 Å². The maximum atomic E-state index is 12.0. The van der Waals surface area contributed by atoms with Gasteiger partial charge < -0.3 is 5.32 Å². The van der Waals surface area contributed by atoms with Crippen molar-refractivity contribution in [1.82, 2.24) is 5.32 Å². The van der Waals surface area contributed by atoms with Crippen molar-refractivity contribution < 1.29 is 4.79 Å². The Labute approximate surface area is 93.1 Å². The molecule has 1 rings (SSSR count). The van der Waals surface area contributed by atoms with Crippen LogP contribution in [-0.2, 0) is 4.79 Å². The Morgan fingerprint density at radius 1 is 1.53 bits per heavy atom. The van der Waals surface area contributed by atoms with Crippen LogP contribution in [0.2, 0.25) is 0 Å². The Balaban J connectivity index is 2.62. The molecule has 1 fully saturated rings. The normalized spacial score (nSPS) is 30.5. The van der Waals surface area contributed by atoms with E-state index in [0.717, 1.165) is 0 Å². The lowest BCUT2D eigenvalue weighted by atomic mass is 9.82. The zero-order valence-corrected chi connectivity index (χ0v) is 10.1. The van der Waals surface area contributed by atoms with Gasteiger partial charge in [-0.2, -0.15) is 0 Å². The van der Waals surface area contributed by atoms with Gasteiger partial charge in [0.05, 0.1) is 0 Å². The molecule has 2 heteroatoms. The second kappa shape index (κ2) is 5.34. The number of hydrogen-bond donors (Lipinski definition) is 1. The highest BCUT2D eigenvalue weighted by Gasteiger charge is 2.39. The zero-order chi connectivity index (χ0) is 11.4. The molecule has 0 spiro atoms. The van der Waals surface area contributed by atoms with Crippen LogP contribution in [0, 0.1) is 23.7 Å². The maximum absolute atomic E-state index is 12.0. The van der Waals surface area contributed by atoms with E-state index >= 15 is 0 Å². The average Bonchev–Trinajstić information content (AvgIpc) is 2.56. The third-order valence-electron chi connectivity index (χ3n) is 3.61. The van der Waals surface area contributed by atoms with Crippen LogP contribution < -0.4 is 5.32 Å². The first-order valence-corrected chi connectivity index (χ1v) is 5.96. The van der Waals surface area contributed by atoms with Crippen LogP contribution in [-0.4, -0.2) is 12.5 Å². The number of hydrogen-bond acceptors (Lipinski definition) is 1. The first-order chi connectivity index (χ1) is 7.07. The van der Waals surface area contributed by atoms with Gasteiger partial charge in [-0.05, 0) is 30.6 Å². The summed E-state index contributed by atoms with van der Waals surface area (Å²) >= 11 is 0. The van der Waals surface area contributed by atoms with E-state index in [4.69, 9.17) is 0 Å². The number of carbonyl (C=O) groups excluding carboxylic acids is 1.